The first-order valence-corrected chi connectivity index (χ1v) is 13.8. The molecule has 6 amide bonds. The number of carboxylic acid groups (broad SMARTS) is 2. The van der Waals surface area contributed by atoms with Crippen LogP contribution < -0.4 is 32.3 Å². The molecule has 16 nitrogen and oxygen atoms in total. The smallest absolute Gasteiger partial charge is 0.326 e. The molecule has 44 heavy (non-hydrogen) atoms. The lowest BCUT2D eigenvalue weighted by Gasteiger charge is -2.25. The van der Waals surface area contributed by atoms with Crippen molar-refractivity contribution in [1.29, 1.82) is 0 Å². The number of carbonyl (C=O) groups is 8. The number of amides is 6. The molecule has 0 aliphatic carbocycles. The molecule has 0 unspecified atom stereocenters. The van der Waals surface area contributed by atoms with Crippen molar-refractivity contribution in [2.45, 2.75) is 77.0 Å². The maximum atomic E-state index is 13.1. The number of carboxylic acids is 2. The quantitative estimate of drug-likeness (QED) is 0.0858. The minimum absolute atomic E-state index is 0.0260. The van der Waals surface area contributed by atoms with Crippen LogP contribution in [-0.4, -0.2) is 88.3 Å². The summed E-state index contributed by atoms with van der Waals surface area (Å²) in [7, 11) is 0. The lowest BCUT2D eigenvalue weighted by atomic mass is 10.0. The van der Waals surface area contributed by atoms with Crippen molar-refractivity contribution in [2.24, 2.45) is 11.7 Å². The van der Waals surface area contributed by atoms with Gasteiger partial charge in [-0.1, -0.05) is 44.2 Å². The fourth-order valence-corrected chi connectivity index (χ4v) is 4.02. The van der Waals surface area contributed by atoms with Crippen LogP contribution in [0.15, 0.2) is 30.3 Å². The van der Waals surface area contributed by atoms with Crippen molar-refractivity contribution in [2.75, 3.05) is 6.54 Å². The van der Waals surface area contributed by atoms with E-state index < -0.39 is 84.5 Å². The summed E-state index contributed by atoms with van der Waals surface area (Å²) in [6, 6.07) is 3.07. The standard InChI is InChI=1S/C28H40N6O10/c1-15(2)11-19(33-26(41)18(31-16(3)35)9-10-22(29)36)27(42)34-20(13-24(38)39)25(40)30-14-23(37)32-21(28(43)44)12-17-7-5-4-6-8-17/h4-8,15,18-21H,9-14H2,1-3H3,(H2,29,36)(H,30,40)(H,31,35)(H,32,37)(H,33,41)(H,34,42)(H,38,39)(H,43,44)/t18-,19-,20-,21-/m0/s1. The van der Waals surface area contributed by atoms with E-state index in [1.165, 1.54) is 0 Å². The van der Waals surface area contributed by atoms with Crippen LogP contribution in [0.2, 0.25) is 0 Å². The van der Waals surface area contributed by atoms with Gasteiger partial charge in [0.1, 0.15) is 24.2 Å². The molecule has 0 aliphatic heterocycles. The summed E-state index contributed by atoms with van der Waals surface area (Å²) >= 11 is 0. The van der Waals surface area contributed by atoms with Crippen LogP contribution in [0.3, 0.4) is 0 Å². The van der Waals surface area contributed by atoms with E-state index in [0.717, 1.165) is 6.92 Å². The SMILES string of the molecule is CC(=O)N[C@@H](CCC(N)=O)C(=O)N[C@@H](CC(C)C)C(=O)N[C@@H](CC(=O)O)C(=O)NCC(=O)N[C@@H](Cc1ccccc1)C(=O)O. The molecule has 1 rings (SSSR count). The number of hydrogen-bond acceptors (Lipinski definition) is 8. The van der Waals surface area contributed by atoms with Crippen LogP contribution in [0.5, 0.6) is 0 Å². The van der Waals surface area contributed by atoms with E-state index in [1.807, 2.05) is 0 Å². The molecule has 0 aromatic heterocycles. The third kappa shape index (κ3) is 14.7. The fraction of sp³-hybridized carbons (Fsp3) is 0.500. The van der Waals surface area contributed by atoms with Gasteiger partial charge in [-0.2, -0.15) is 0 Å². The van der Waals surface area contributed by atoms with Crippen molar-refractivity contribution in [3.8, 4) is 0 Å². The van der Waals surface area contributed by atoms with E-state index in [4.69, 9.17) is 5.73 Å². The van der Waals surface area contributed by atoms with Gasteiger partial charge in [0, 0.05) is 19.8 Å². The molecule has 0 fully saturated rings. The van der Waals surface area contributed by atoms with E-state index in [-0.39, 0.29) is 31.6 Å². The van der Waals surface area contributed by atoms with E-state index in [0.29, 0.717) is 5.56 Å². The number of carbonyl (C=O) groups excluding carboxylic acids is 6. The average Bonchev–Trinajstić information content (AvgIpc) is 2.92. The monoisotopic (exact) mass is 620 g/mol. The molecule has 0 heterocycles. The van der Waals surface area contributed by atoms with Crippen molar-refractivity contribution in [3.63, 3.8) is 0 Å². The van der Waals surface area contributed by atoms with E-state index in [2.05, 4.69) is 26.6 Å². The molecule has 0 saturated carbocycles. The minimum Gasteiger partial charge on any atom is -0.481 e. The summed E-state index contributed by atoms with van der Waals surface area (Å²) in [6.07, 6.45) is -1.21. The van der Waals surface area contributed by atoms with Crippen LogP contribution in [0.25, 0.3) is 0 Å². The lowest BCUT2D eigenvalue weighted by Crippen LogP contribution is -2.57. The number of nitrogens with two attached hydrogens (primary N) is 1. The Morgan fingerprint density at radius 3 is 1.89 bits per heavy atom. The third-order valence-electron chi connectivity index (χ3n) is 6.06. The molecule has 0 saturated heterocycles. The Balaban J connectivity index is 2.94. The Hall–Kier alpha value is -5.02. The van der Waals surface area contributed by atoms with Crippen molar-refractivity contribution in [3.05, 3.63) is 35.9 Å². The van der Waals surface area contributed by atoms with Gasteiger partial charge in [0.2, 0.25) is 35.4 Å². The highest BCUT2D eigenvalue weighted by Gasteiger charge is 2.31. The molecular weight excluding hydrogens is 580 g/mol. The van der Waals surface area contributed by atoms with E-state index in [9.17, 15) is 48.6 Å². The van der Waals surface area contributed by atoms with Gasteiger partial charge in [-0.05, 0) is 24.3 Å². The number of aliphatic carboxylic acids is 2. The van der Waals surface area contributed by atoms with Crippen LogP contribution in [0, 0.1) is 5.92 Å². The van der Waals surface area contributed by atoms with Crippen LogP contribution in [-0.2, 0) is 44.8 Å². The first-order valence-electron chi connectivity index (χ1n) is 13.8. The Bertz CT molecular complexity index is 1210. The number of primary amides is 1. The molecular formula is C28H40N6O10. The molecule has 1 aromatic carbocycles. The molecule has 16 heteroatoms. The van der Waals surface area contributed by atoms with Crippen LogP contribution >= 0.6 is 0 Å². The Kier molecular flexibility index (Phi) is 15.6. The highest BCUT2D eigenvalue weighted by molar-refractivity contribution is 5.96. The topological polar surface area (TPSA) is 263 Å². The summed E-state index contributed by atoms with van der Waals surface area (Å²) < 4.78 is 0. The largest absolute Gasteiger partial charge is 0.481 e. The molecule has 4 atom stereocenters. The zero-order valence-electron chi connectivity index (χ0n) is 24.8. The summed E-state index contributed by atoms with van der Waals surface area (Å²) in [6.45, 7) is 3.93. The third-order valence-corrected chi connectivity index (χ3v) is 6.06. The van der Waals surface area contributed by atoms with E-state index >= 15 is 0 Å². The van der Waals surface area contributed by atoms with Gasteiger partial charge in [-0.15, -0.1) is 0 Å². The van der Waals surface area contributed by atoms with Gasteiger partial charge in [-0.3, -0.25) is 33.6 Å². The summed E-state index contributed by atoms with van der Waals surface area (Å²) in [5, 5.41) is 30.4. The molecule has 0 aliphatic rings. The van der Waals surface area contributed by atoms with Crippen molar-refractivity contribution < 1.29 is 48.6 Å². The second kappa shape index (κ2) is 18.5. The first kappa shape index (κ1) is 37.0. The summed E-state index contributed by atoms with van der Waals surface area (Å²) in [5.74, 6) is -7.84. The summed E-state index contributed by atoms with van der Waals surface area (Å²) in [4.78, 5) is 97.1. The van der Waals surface area contributed by atoms with Gasteiger partial charge >= 0.3 is 11.9 Å². The van der Waals surface area contributed by atoms with Crippen LogP contribution in [0.4, 0.5) is 0 Å². The molecule has 0 radical (unpaired) electrons. The van der Waals surface area contributed by atoms with Gasteiger partial charge in [0.25, 0.3) is 0 Å². The molecule has 9 N–H and O–H groups in total. The Morgan fingerprint density at radius 2 is 1.36 bits per heavy atom. The predicted molar refractivity (Wildman–Crippen MR) is 154 cm³/mol. The molecule has 242 valence electrons. The van der Waals surface area contributed by atoms with Gasteiger partial charge in [0.05, 0.1) is 13.0 Å². The Labute approximate surface area is 253 Å². The first-order chi connectivity index (χ1) is 20.6. The number of benzene rings is 1. The minimum atomic E-state index is -1.67. The second-order valence-electron chi connectivity index (χ2n) is 10.5. The van der Waals surface area contributed by atoms with Crippen molar-refractivity contribution in [1.82, 2.24) is 26.6 Å². The zero-order valence-corrected chi connectivity index (χ0v) is 24.8. The van der Waals surface area contributed by atoms with E-state index in [1.54, 1.807) is 44.2 Å². The number of hydrogen-bond donors (Lipinski definition) is 8. The lowest BCUT2D eigenvalue weighted by molar-refractivity contribution is -0.142. The number of nitrogens with one attached hydrogen (secondary N) is 5. The molecule has 0 bridgehead atoms. The van der Waals surface area contributed by atoms with Gasteiger partial charge < -0.3 is 42.5 Å². The zero-order chi connectivity index (χ0) is 33.4. The fourth-order valence-electron chi connectivity index (χ4n) is 4.02. The number of rotatable bonds is 19. The van der Waals surface area contributed by atoms with Crippen molar-refractivity contribution >= 4 is 47.4 Å². The second-order valence-corrected chi connectivity index (χ2v) is 10.5. The Morgan fingerprint density at radius 1 is 0.773 bits per heavy atom. The maximum Gasteiger partial charge on any atom is 0.326 e. The highest BCUT2D eigenvalue weighted by atomic mass is 16.4. The van der Waals surface area contributed by atoms with Crippen LogP contribution in [0.1, 0.15) is 52.0 Å². The molecule has 0 spiro atoms. The summed E-state index contributed by atoms with van der Waals surface area (Å²) in [5.41, 5.74) is 5.78. The normalized spacial score (nSPS) is 13.4. The van der Waals surface area contributed by atoms with Gasteiger partial charge in [0.15, 0.2) is 0 Å². The predicted octanol–water partition coefficient (Wildman–Crippen LogP) is -1.82. The highest BCUT2D eigenvalue weighted by Crippen LogP contribution is 2.08. The maximum absolute atomic E-state index is 13.1. The van der Waals surface area contributed by atoms with Gasteiger partial charge in [-0.25, -0.2) is 4.79 Å². The average molecular weight is 621 g/mol. The molecule has 1 aromatic rings.